The van der Waals surface area contributed by atoms with E-state index in [1.807, 2.05) is 57.2 Å². The number of carboxylic acid groups (broad SMARTS) is 1. The Balaban J connectivity index is 2.13. The summed E-state index contributed by atoms with van der Waals surface area (Å²) in [5, 5.41) is 13.9. The van der Waals surface area contributed by atoms with Gasteiger partial charge in [-0.05, 0) is 55.7 Å². The van der Waals surface area contributed by atoms with Crippen molar-refractivity contribution in [3.63, 3.8) is 0 Å². The summed E-state index contributed by atoms with van der Waals surface area (Å²) >= 11 is 0. The fourth-order valence-electron chi connectivity index (χ4n) is 2.71. The van der Waals surface area contributed by atoms with Gasteiger partial charge in [0.25, 0.3) is 0 Å². The average Bonchev–Trinajstić information content (AvgIpc) is 2.58. The average molecular weight is 343 g/mol. The van der Waals surface area contributed by atoms with Crippen LogP contribution in [0.25, 0.3) is 10.8 Å². The van der Waals surface area contributed by atoms with Crippen LogP contribution in [0.15, 0.2) is 36.4 Å². The van der Waals surface area contributed by atoms with Crippen molar-refractivity contribution in [2.45, 2.75) is 45.1 Å². The highest BCUT2D eigenvalue weighted by Crippen LogP contribution is 2.26. The van der Waals surface area contributed by atoms with Crippen LogP contribution >= 0.6 is 0 Å². The van der Waals surface area contributed by atoms with Crippen molar-refractivity contribution in [3.8, 4) is 5.75 Å². The Labute approximate surface area is 148 Å². The lowest BCUT2D eigenvalue weighted by molar-refractivity contribution is -0.137. The maximum atomic E-state index is 12.6. The number of amides is 1. The number of aliphatic carboxylic acids is 1. The molecule has 2 aromatic carbocycles. The number of carbonyl (C=O) groups is 2. The summed E-state index contributed by atoms with van der Waals surface area (Å²) in [6, 6.07) is 11.7. The molecule has 1 atom stereocenters. The maximum Gasteiger partial charge on any atom is 0.303 e. The molecule has 0 saturated heterocycles. The molecule has 0 aromatic heterocycles. The highest BCUT2D eigenvalue weighted by molar-refractivity contribution is 5.88. The number of rotatable bonds is 7. The van der Waals surface area contributed by atoms with Crippen LogP contribution in [0.4, 0.5) is 0 Å². The van der Waals surface area contributed by atoms with Gasteiger partial charge in [-0.15, -0.1) is 0 Å². The molecule has 0 aliphatic heterocycles. The molecular formula is C20H25NO4. The second kappa shape index (κ2) is 7.55. The highest BCUT2D eigenvalue weighted by atomic mass is 16.5. The second-order valence-electron chi connectivity index (χ2n) is 6.96. The fourth-order valence-corrected chi connectivity index (χ4v) is 2.71. The molecule has 0 saturated carbocycles. The van der Waals surface area contributed by atoms with Gasteiger partial charge in [-0.3, -0.25) is 9.59 Å². The molecule has 0 fully saturated rings. The lowest BCUT2D eigenvalue weighted by Crippen LogP contribution is -2.45. The van der Waals surface area contributed by atoms with Gasteiger partial charge in [0.1, 0.15) is 5.75 Å². The minimum atomic E-state index is -0.861. The zero-order valence-corrected chi connectivity index (χ0v) is 15.1. The lowest BCUT2D eigenvalue weighted by Gasteiger charge is -2.27. The van der Waals surface area contributed by atoms with Gasteiger partial charge in [0, 0.05) is 12.0 Å². The van der Waals surface area contributed by atoms with Crippen molar-refractivity contribution < 1.29 is 19.4 Å². The van der Waals surface area contributed by atoms with E-state index in [9.17, 15) is 9.59 Å². The molecule has 0 aliphatic rings. The number of carboxylic acids is 1. The summed E-state index contributed by atoms with van der Waals surface area (Å²) in [5.41, 5.74) is 0.359. The number of hydrogen-bond donors (Lipinski definition) is 2. The minimum absolute atomic E-state index is 0.0273. The predicted molar refractivity (Wildman–Crippen MR) is 98.0 cm³/mol. The summed E-state index contributed by atoms with van der Waals surface area (Å²) in [6.07, 6.45) is 0.414. The number of methoxy groups -OCH3 is 1. The van der Waals surface area contributed by atoms with Gasteiger partial charge in [0.2, 0.25) is 5.91 Å². The molecule has 25 heavy (non-hydrogen) atoms. The number of carbonyl (C=O) groups excluding carboxylic acids is 1. The Morgan fingerprint density at radius 2 is 1.80 bits per heavy atom. The van der Waals surface area contributed by atoms with Gasteiger partial charge in [-0.1, -0.05) is 24.3 Å². The number of ether oxygens (including phenoxy) is 1. The van der Waals surface area contributed by atoms with Crippen LogP contribution in [0.3, 0.4) is 0 Å². The lowest BCUT2D eigenvalue weighted by atomic mass is 9.93. The van der Waals surface area contributed by atoms with Crippen LogP contribution in [-0.4, -0.2) is 29.6 Å². The van der Waals surface area contributed by atoms with Gasteiger partial charge < -0.3 is 15.2 Å². The first-order valence-electron chi connectivity index (χ1n) is 8.33. The van der Waals surface area contributed by atoms with Crippen LogP contribution in [0.1, 0.15) is 45.1 Å². The van der Waals surface area contributed by atoms with Crippen molar-refractivity contribution in [1.29, 1.82) is 0 Å². The van der Waals surface area contributed by atoms with E-state index < -0.39 is 11.5 Å². The molecule has 0 heterocycles. The first-order valence-corrected chi connectivity index (χ1v) is 8.33. The van der Waals surface area contributed by atoms with E-state index >= 15 is 0 Å². The topological polar surface area (TPSA) is 75.6 Å². The summed E-state index contributed by atoms with van der Waals surface area (Å²) < 4.78 is 5.23. The molecule has 5 heteroatoms. The molecule has 2 aromatic rings. The molecule has 2 N–H and O–H groups in total. The Hall–Kier alpha value is -2.56. The molecule has 0 radical (unpaired) electrons. The largest absolute Gasteiger partial charge is 0.497 e. The summed E-state index contributed by atoms with van der Waals surface area (Å²) in [4.78, 5) is 23.3. The van der Waals surface area contributed by atoms with E-state index in [0.717, 1.165) is 22.1 Å². The van der Waals surface area contributed by atoms with E-state index in [-0.39, 0.29) is 18.2 Å². The van der Waals surface area contributed by atoms with Crippen LogP contribution in [-0.2, 0) is 9.59 Å². The molecule has 0 bridgehead atoms. The summed E-state index contributed by atoms with van der Waals surface area (Å²) in [6.45, 7) is 5.54. The van der Waals surface area contributed by atoms with Crippen LogP contribution in [0.5, 0.6) is 5.75 Å². The summed E-state index contributed by atoms with van der Waals surface area (Å²) in [5.74, 6) is -0.495. The molecule has 5 nitrogen and oxygen atoms in total. The Morgan fingerprint density at radius 3 is 2.44 bits per heavy atom. The Bertz CT molecular complexity index is 782. The maximum absolute atomic E-state index is 12.6. The van der Waals surface area contributed by atoms with E-state index in [4.69, 9.17) is 9.84 Å². The van der Waals surface area contributed by atoms with Crippen molar-refractivity contribution >= 4 is 22.6 Å². The molecular weight excluding hydrogens is 318 g/mol. The highest BCUT2D eigenvalue weighted by Gasteiger charge is 2.25. The molecule has 0 spiro atoms. The van der Waals surface area contributed by atoms with Crippen LogP contribution < -0.4 is 10.1 Å². The third-order valence-corrected chi connectivity index (χ3v) is 4.39. The number of nitrogens with one attached hydrogen (secondary N) is 1. The van der Waals surface area contributed by atoms with Crippen LogP contribution in [0.2, 0.25) is 0 Å². The number of fused-ring (bicyclic) bond motifs is 1. The zero-order valence-electron chi connectivity index (χ0n) is 15.1. The Morgan fingerprint density at radius 1 is 1.16 bits per heavy atom. The third kappa shape index (κ3) is 4.95. The smallest absolute Gasteiger partial charge is 0.303 e. The predicted octanol–water partition coefficient (Wildman–Crippen LogP) is 3.71. The number of benzene rings is 2. The Kier molecular flexibility index (Phi) is 5.67. The first-order chi connectivity index (χ1) is 11.7. The number of hydrogen-bond acceptors (Lipinski definition) is 3. The van der Waals surface area contributed by atoms with E-state index in [1.54, 1.807) is 7.11 Å². The zero-order chi connectivity index (χ0) is 18.6. The van der Waals surface area contributed by atoms with Crippen molar-refractivity contribution in [2.24, 2.45) is 0 Å². The van der Waals surface area contributed by atoms with E-state index in [2.05, 4.69) is 5.32 Å². The third-order valence-electron chi connectivity index (χ3n) is 4.39. The molecule has 0 aliphatic carbocycles. The molecule has 1 amide bonds. The fraction of sp³-hybridized carbons (Fsp3) is 0.400. The van der Waals surface area contributed by atoms with Crippen molar-refractivity contribution in [3.05, 3.63) is 42.0 Å². The quantitative estimate of drug-likeness (QED) is 0.803. The van der Waals surface area contributed by atoms with Gasteiger partial charge >= 0.3 is 5.97 Å². The molecule has 1 unspecified atom stereocenters. The van der Waals surface area contributed by atoms with Gasteiger partial charge in [-0.2, -0.15) is 0 Å². The first kappa shape index (κ1) is 18.8. The summed E-state index contributed by atoms with van der Waals surface area (Å²) in [7, 11) is 1.63. The van der Waals surface area contributed by atoms with Gasteiger partial charge in [0.15, 0.2) is 0 Å². The molecule has 2 rings (SSSR count). The SMILES string of the molecule is COc1ccc2cc(C(C)C(=O)NC(C)(C)CCC(=O)O)ccc2c1. The van der Waals surface area contributed by atoms with Crippen molar-refractivity contribution in [2.75, 3.05) is 7.11 Å². The minimum Gasteiger partial charge on any atom is -0.497 e. The molecule has 134 valence electrons. The van der Waals surface area contributed by atoms with Gasteiger partial charge in [0.05, 0.1) is 13.0 Å². The van der Waals surface area contributed by atoms with Crippen molar-refractivity contribution in [1.82, 2.24) is 5.32 Å². The van der Waals surface area contributed by atoms with E-state index in [1.165, 1.54) is 0 Å². The monoisotopic (exact) mass is 343 g/mol. The van der Waals surface area contributed by atoms with Crippen LogP contribution in [0, 0.1) is 0 Å². The van der Waals surface area contributed by atoms with E-state index in [0.29, 0.717) is 6.42 Å². The van der Waals surface area contributed by atoms with Gasteiger partial charge in [-0.25, -0.2) is 0 Å². The normalized spacial score (nSPS) is 12.6. The standard InChI is InChI=1S/C20H25NO4/c1-13(19(24)21-20(2,3)10-9-18(22)23)14-5-6-16-12-17(25-4)8-7-15(16)11-14/h5-8,11-13H,9-10H2,1-4H3,(H,21,24)(H,22,23). The second-order valence-corrected chi connectivity index (χ2v) is 6.96.